The molecule has 0 aliphatic heterocycles. The summed E-state index contributed by atoms with van der Waals surface area (Å²) in [5.41, 5.74) is -1.74. The average Bonchev–Trinajstić information content (AvgIpc) is 2.33. The minimum Gasteiger partial charge on any atom is -0.354 e. The molecular formula is C13H17F3N2O2. The third-order valence-electron chi connectivity index (χ3n) is 2.90. The van der Waals surface area contributed by atoms with Gasteiger partial charge in [0.25, 0.3) is 5.56 Å². The lowest BCUT2D eigenvalue weighted by molar-refractivity contribution is -0.137. The van der Waals surface area contributed by atoms with E-state index in [0.717, 1.165) is 17.1 Å². The molecule has 0 aliphatic rings. The molecule has 1 rings (SSSR count). The van der Waals surface area contributed by atoms with E-state index in [9.17, 15) is 22.8 Å². The van der Waals surface area contributed by atoms with Crippen LogP contribution in [0.25, 0.3) is 0 Å². The SMILES string of the molecule is CCCNC(=O)[C@H](C)n1c(C)cc(C(F)(F)F)cc1=O. The molecule has 112 valence electrons. The van der Waals surface area contributed by atoms with Crippen molar-refractivity contribution in [3.05, 3.63) is 33.7 Å². The molecule has 1 amide bonds. The van der Waals surface area contributed by atoms with Gasteiger partial charge in [0.1, 0.15) is 6.04 Å². The Bertz CT molecular complexity index is 550. The zero-order chi connectivity index (χ0) is 15.5. The molecule has 1 heterocycles. The van der Waals surface area contributed by atoms with Crippen molar-refractivity contribution >= 4 is 5.91 Å². The molecule has 7 heteroatoms. The van der Waals surface area contributed by atoms with Crippen molar-refractivity contribution in [3.63, 3.8) is 0 Å². The summed E-state index contributed by atoms with van der Waals surface area (Å²) in [5.74, 6) is -0.392. The van der Waals surface area contributed by atoms with Gasteiger partial charge < -0.3 is 9.88 Å². The fourth-order valence-corrected chi connectivity index (χ4v) is 1.89. The summed E-state index contributed by atoms with van der Waals surface area (Å²) in [5, 5.41) is 2.61. The normalized spacial score (nSPS) is 13.1. The fourth-order valence-electron chi connectivity index (χ4n) is 1.89. The predicted octanol–water partition coefficient (Wildman–Crippen LogP) is 2.26. The monoisotopic (exact) mass is 290 g/mol. The number of carbonyl (C=O) groups is 1. The highest BCUT2D eigenvalue weighted by Crippen LogP contribution is 2.28. The van der Waals surface area contributed by atoms with E-state index >= 15 is 0 Å². The highest BCUT2D eigenvalue weighted by molar-refractivity contribution is 5.79. The average molecular weight is 290 g/mol. The first-order chi connectivity index (χ1) is 9.18. The summed E-state index contributed by atoms with van der Waals surface area (Å²) in [4.78, 5) is 23.6. The molecule has 0 aliphatic carbocycles. The summed E-state index contributed by atoms with van der Waals surface area (Å²) >= 11 is 0. The second kappa shape index (κ2) is 6.11. The van der Waals surface area contributed by atoms with Gasteiger partial charge in [0.15, 0.2) is 0 Å². The molecule has 0 saturated carbocycles. The Morgan fingerprint density at radius 2 is 2.00 bits per heavy atom. The predicted molar refractivity (Wildman–Crippen MR) is 68.5 cm³/mol. The van der Waals surface area contributed by atoms with Crippen LogP contribution in [0.5, 0.6) is 0 Å². The van der Waals surface area contributed by atoms with Crippen LogP contribution < -0.4 is 10.9 Å². The van der Waals surface area contributed by atoms with E-state index in [1.165, 1.54) is 13.8 Å². The zero-order valence-corrected chi connectivity index (χ0v) is 11.5. The largest absolute Gasteiger partial charge is 0.416 e. The van der Waals surface area contributed by atoms with Gasteiger partial charge in [0.05, 0.1) is 5.56 Å². The van der Waals surface area contributed by atoms with Gasteiger partial charge in [-0.3, -0.25) is 9.59 Å². The van der Waals surface area contributed by atoms with Crippen LogP contribution >= 0.6 is 0 Å². The number of nitrogens with one attached hydrogen (secondary N) is 1. The van der Waals surface area contributed by atoms with Gasteiger partial charge in [0, 0.05) is 18.3 Å². The Morgan fingerprint density at radius 3 is 2.45 bits per heavy atom. The van der Waals surface area contributed by atoms with Crippen LogP contribution in [-0.2, 0) is 11.0 Å². The maximum absolute atomic E-state index is 12.6. The van der Waals surface area contributed by atoms with Crippen LogP contribution in [0.1, 0.15) is 37.6 Å². The molecule has 0 spiro atoms. The van der Waals surface area contributed by atoms with Crippen molar-refractivity contribution in [2.24, 2.45) is 0 Å². The lowest BCUT2D eigenvalue weighted by Crippen LogP contribution is -2.37. The molecule has 4 nitrogen and oxygen atoms in total. The molecule has 1 N–H and O–H groups in total. The van der Waals surface area contributed by atoms with Crippen molar-refractivity contribution in [3.8, 4) is 0 Å². The molecule has 0 radical (unpaired) electrons. The van der Waals surface area contributed by atoms with E-state index in [2.05, 4.69) is 5.32 Å². The number of hydrogen-bond acceptors (Lipinski definition) is 2. The zero-order valence-electron chi connectivity index (χ0n) is 11.5. The molecule has 1 aromatic heterocycles. The number of alkyl halides is 3. The van der Waals surface area contributed by atoms with Crippen LogP contribution in [-0.4, -0.2) is 17.0 Å². The van der Waals surface area contributed by atoms with E-state index in [0.29, 0.717) is 12.6 Å². The number of aryl methyl sites for hydroxylation is 1. The Morgan fingerprint density at radius 1 is 1.40 bits per heavy atom. The number of rotatable bonds is 4. The molecule has 20 heavy (non-hydrogen) atoms. The number of amides is 1. The van der Waals surface area contributed by atoms with Gasteiger partial charge >= 0.3 is 6.18 Å². The number of pyridine rings is 1. The van der Waals surface area contributed by atoms with Crippen LogP contribution in [0.4, 0.5) is 13.2 Å². The van der Waals surface area contributed by atoms with Gasteiger partial charge in [0.2, 0.25) is 5.91 Å². The van der Waals surface area contributed by atoms with Crippen LogP contribution in [0.2, 0.25) is 0 Å². The maximum Gasteiger partial charge on any atom is 0.416 e. The molecule has 0 fully saturated rings. The first kappa shape index (κ1) is 16.3. The van der Waals surface area contributed by atoms with Gasteiger partial charge in [-0.15, -0.1) is 0 Å². The van der Waals surface area contributed by atoms with Gasteiger partial charge in [-0.2, -0.15) is 13.2 Å². The van der Waals surface area contributed by atoms with Crippen LogP contribution in [0.3, 0.4) is 0 Å². The maximum atomic E-state index is 12.6. The summed E-state index contributed by atoms with van der Waals surface area (Å²) < 4.78 is 38.8. The van der Waals surface area contributed by atoms with E-state index < -0.39 is 29.2 Å². The standard InChI is InChI=1S/C13H17F3N2O2/c1-4-5-17-12(20)9(3)18-8(2)6-10(7-11(18)19)13(14,15)16/h6-7,9H,4-5H2,1-3H3,(H,17,20)/t9-/m0/s1. The molecule has 1 atom stereocenters. The van der Waals surface area contributed by atoms with E-state index in [1.54, 1.807) is 0 Å². The Labute approximate surface area is 114 Å². The van der Waals surface area contributed by atoms with Crippen molar-refractivity contribution < 1.29 is 18.0 Å². The van der Waals surface area contributed by atoms with Crippen molar-refractivity contribution in [2.75, 3.05) is 6.54 Å². The molecule has 0 aromatic carbocycles. The topological polar surface area (TPSA) is 51.1 Å². The van der Waals surface area contributed by atoms with Gasteiger partial charge in [-0.25, -0.2) is 0 Å². The number of hydrogen-bond donors (Lipinski definition) is 1. The van der Waals surface area contributed by atoms with Gasteiger partial charge in [-0.1, -0.05) is 6.92 Å². The Balaban J connectivity index is 3.14. The summed E-state index contributed by atoms with van der Waals surface area (Å²) in [6, 6.07) is 0.526. The number of carbonyl (C=O) groups excluding carboxylic acids is 1. The summed E-state index contributed by atoms with van der Waals surface area (Å²) in [7, 11) is 0. The highest BCUT2D eigenvalue weighted by Gasteiger charge is 2.32. The first-order valence-corrected chi connectivity index (χ1v) is 6.26. The van der Waals surface area contributed by atoms with Gasteiger partial charge in [-0.05, 0) is 26.3 Å². The van der Waals surface area contributed by atoms with Crippen molar-refractivity contribution in [1.82, 2.24) is 9.88 Å². The number of nitrogens with zero attached hydrogens (tertiary/aromatic N) is 1. The van der Waals surface area contributed by atoms with Crippen LogP contribution in [0.15, 0.2) is 16.9 Å². The molecule has 1 aromatic rings. The number of aromatic nitrogens is 1. The molecule has 0 saturated heterocycles. The lowest BCUT2D eigenvalue weighted by atomic mass is 10.2. The second-order valence-electron chi connectivity index (χ2n) is 4.56. The molecule has 0 bridgehead atoms. The second-order valence-corrected chi connectivity index (χ2v) is 4.56. The first-order valence-electron chi connectivity index (χ1n) is 6.26. The molecule has 0 unspecified atom stereocenters. The number of halogens is 3. The van der Waals surface area contributed by atoms with E-state index in [1.807, 2.05) is 6.92 Å². The smallest absolute Gasteiger partial charge is 0.354 e. The third kappa shape index (κ3) is 3.61. The van der Waals surface area contributed by atoms with Crippen molar-refractivity contribution in [1.29, 1.82) is 0 Å². The minimum atomic E-state index is -4.57. The summed E-state index contributed by atoms with van der Waals surface area (Å²) in [6.07, 6.45) is -3.84. The van der Waals surface area contributed by atoms with E-state index in [4.69, 9.17) is 0 Å². The van der Waals surface area contributed by atoms with E-state index in [-0.39, 0.29) is 5.69 Å². The Kier molecular flexibility index (Phi) is 4.97. The Hall–Kier alpha value is -1.79. The third-order valence-corrected chi connectivity index (χ3v) is 2.90. The molecular weight excluding hydrogens is 273 g/mol. The fraction of sp³-hybridized carbons (Fsp3) is 0.538. The minimum absolute atomic E-state index is 0.101. The van der Waals surface area contributed by atoms with Crippen molar-refractivity contribution in [2.45, 2.75) is 39.4 Å². The lowest BCUT2D eigenvalue weighted by Gasteiger charge is -2.19. The summed E-state index contributed by atoms with van der Waals surface area (Å²) in [6.45, 7) is 5.19. The van der Waals surface area contributed by atoms with Crippen LogP contribution in [0, 0.1) is 6.92 Å². The quantitative estimate of drug-likeness (QED) is 0.924. The highest BCUT2D eigenvalue weighted by atomic mass is 19.4.